The van der Waals surface area contributed by atoms with E-state index in [1.54, 1.807) is 25.1 Å². The lowest BCUT2D eigenvalue weighted by atomic mass is 10.1. The predicted octanol–water partition coefficient (Wildman–Crippen LogP) is 3.36. The van der Waals surface area contributed by atoms with Gasteiger partial charge in [0.05, 0.1) is 15.4 Å². The van der Waals surface area contributed by atoms with Crippen LogP contribution in [0.1, 0.15) is 11.3 Å². The first-order valence-electron chi connectivity index (χ1n) is 9.00. The monoisotopic (exact) mass is 452 g/mol. The normalized spacial score (nSPS) is 11.6. The first-order chi connectivity index (χ1) is 15.1. The number of benzene rings is 2. The largest absolute Gasteiger partial charge is 0.456 e. The molecule has 3 N–H and O–H groups in total. The van der Waals surface area contributed by atoms with E-state index < -0.39 is 20.9 Å². The van der Waals surface area contributed by atoms with Crippen molar-refractivity contribution in [3.8, 4) is 17.4 Å². The zero-order chi connectivity index (χ0) is 23.5. The minimum absolute atomic E-state index is 0.125. The number of nitrogens with zero attached hydrogens (tertiary/aromatic N) is 2. The van der Waals surface area contributed by atoms with Crippen molar-refractivity contribution in [1.29, 1.82) is 5.26 Å². The molecule has 3 rings (SSSR count). The Morgan fingerprint density at radius 3 is 2.47 bits per heavy atom. The van der Waals surface area contributed by atoms with Crippen LogP contribution in [0.4, 0.5) is 11.4 Å². The van der Waals surface area contributed by atoms with Gasteiger partial charge in [-0.1, -0.05) is 6.07 Å². The van der Waals surface area contributed by atoms with Gasteiger partial charge in [0.1, 0.15) is 23.2 Å². The van der Waals surface area contributed by atoms with Gasteiger partial charge in [-0.3, -0.25) is 14.9 Å². The standard InChI is InChI=1S/C21H16N4O6S/c1-13-2-8-18(19(10-13)25(27)28)20-9-5-16(31-20)11-14(12-22)21(26)24-15-3-6-17(7-4-15)32(23,29)30/h2-11H,1H3,(H,24,26)(H2,23,29,30). The van der Waals surface area contributed by atoms with Gasteiger partial charge in [0, 0.05) is 17.8 Å². The number of primary sulfonamides is 1. The number of carbonyl (C=O) groups is 1. The molecule has 0 atom stereocenters. The van der Waals surface area contributed by atoms with Gasteiger partial charge >= 0.3 is 0 Å². The number of sulfonamides is 1. The quantitative estimate of drug-likeness (QED) is 0.250. The van der Waals surface area contributed by atoms with Crippen LogP contribution in [0, 0.1) is 28.4 Å². The van der Waals surface area contributed by atoms with Crippen molar-refractivity contribution in [2.75, 3.05) is 5.32 Å². The minimum atomic E-state index is -3.87. The average Bonchev–Trinajstić information content (AvgIpc) is 3.20. The highest BCUT2D eigenvalue weighted by Gasteiger charge is 2.19. The Morgan fingerprint density at radius 1 is 1.19 bits per heavy atom. The molecule has 0 spiro atoms. The van der Waals surface area contributed by atoms with Gasteiger partial charge in [0.15, 0.2) is 0 Å². The van der Waals surface area contributed by atoms with Crippen molar-refractivity contribution in [3.05, 3.63) is 81.6 Å². The number of furan rings is 1. The number of carbonyl (C=O) groups excluding carboxylic acids is 1. The molecule has 0 aliphatic carbocycles. The van der Waals surface area contributed by atoms with Crippen molar-refractivity contribution in [2.24, 2.45) is 5.14 Å². The summed E-state index contributed by atoms with van der Waals surface area (Å²) in [5, 5.41) is 28.2. The summed E-state index contributed by atoms with van der Waals surface area (Å²) in [4.78, 5) is 23.1. The molecule has 0 bridgehead atoms. The molecule has 0 unspecified atom stereocenters. The van der Waals surface area contributed by atoms with Crippen LogP contribution in [0.5, 0.6) is 0 Å². The Kier molecular flexibility index (Phi) is 6.20. The van der Waals surface area contributed by atoms with E-state index in [1.165, 1.54) is 48.5 Å². The van der Waals surface area contributed by atoms with Crippen molar-refractivity contribution >= 4 is 33.4 Å². The molecule has 1 amide bonds. The summed E-state index contributed by atoms with van der Waals surface area (Å²) in [7, 11) is -3.87. The van der Waals surface area contributed by atoms with Crippen LogP contribution in [0.15, 0.2) is 69.5 Å². The maximum Gasteiger partial charge on any atom is 0.280 e. The van der Waals surface area contributed by atoms with Crippen LogP contribution >= 0.6 is 0 Å². The lowest BCUT2D eigenvalue weighted by molar-refractivity contribution is -0.384. The molecule has 1 aromatic heterocycles. The smallest absolute Gasteiger partial charge is 0.280 e. The van der Waals surface area contributed by atoms with Gasteiger partial charge in [-0.2, -0.15) is 5.26 Å². The van der Waals surface area contributed by atoms with E-state index in [-0.39, 0.29) is 38.9 Å². The average molecular weight is 452 g/mol. The van der Waals surface area contributed by atoms with E-state index in [4.69, 9.17) is 9.56 Å². The third kappa shape index (κ3) is 5.07. The fourth-order valence-corrected chi connectivity index (χ4v) is 3.31. The molecule has 0 radical (unpaired) electrons. The molecule has 162 valence electrons. The van der Waals surface area contributed by atoms with E-state index >= 15 is 0 Å². The summed E-state index contributed by atoms with van der Waals surface area (Å²) in [6.07, 6.45) is 1.19. The van der Waals surface area contributed by atoms with Crippen LogP contribution in [0.3, 0.4) is 0 Å². The number of nitro groups is 1. The van der Waals surface area contributed by atoms with Gasteiger partial charge in [0.25, 0.3) is 11.6 Å². The summed E-state index contributed by atoms with van der Waals surface area (Å²) in [6, 6.07) is 14.5. The van der Waals surface area contributed by atoms with Crippen LogP contribution in [0.25, 0.3) is 17.4 Å². The number of aryl methyl sites for hydroxylation is 1. The lowest BCUT2D eigenvalue weighted by Crippen LogP contribution is -2.14. The summed E-state index contributed by atoms with van der Waals surface area (Å²) in [6.45, 7) is 1.73. The Labute approximate surface area is 182 Å². The third-order valence-corrected chi connectivity index (χ3v) is 5.26. The van der Waals surface area contributed by atoms with Crippen molar-refractivity contribution < 1.29 is 22.6 Å². The van der Waals surface area contributed by atoms with E-state index in [9.17, 15) is 28.6 Å². The molecule has 3 aromatic rings. The number of nitriles is 1. The molecule has 0 saturated carbocycles. The van der Waals surface area contributed by atoms with Gasteiger partial charge in [-0.15, -0.1) is 0 Å². The number of nitrogens with one attached hydrogen (secondary N) is 1. The van der Waals surface area contributed by atoms with Gasteiger partial charge in [-0.05, 0) is 55.0 Å². The second-order valence-electron chi connectivity index (χ2n) is 6.67. The number of amides is 1. The van der Waals surface area contributed by atoms with Crippen molar-refractivity contribution in [3.63, 3.8) is 0 Å². The molecule has 0 fully saturated rings. The van der Waals surface area contributed by atoms with Crippen LogP contribution < -0.4 is 10.5 Å². The number of nitrogens with two attached hydrogens (primary N) is 1. The number of anilines is 1. The summed E-state index contributed by atoms with van der Waals surface area (Å²) >= 11 is 0. The number of hydrogen-bond donors (Lipinski definition) is 2. The SMILES string of the molecule is Cc1ccc(-c2ccc(C=C(C#N)C(=O)Nc3ccc(S(N)(=O)=O)cc3)o2)c([N+](=O)[O-])c1. The third-order valence-electron chi connectivity index (χ3n) is 4.33. The Hall–Kier alpha value is -4.27. The second kappa shape index (κ2) is 8.84. The Morgan fingerprint density at radius 2 is 1.88 bits per heavy atom. The van der Waals surface area contributed by atoms with E-state index in [0.717, 1.165) is 0 Å². The van der Waals surface area contributed by atoms with E-state index in [2.05, 4.69) is 5.32 Å². The molecule has 1 heterocycles. The Bertz CT molecular complexity index is 1380. The summed E-state index contributed by atoms with van der Waals surface area (Å²) in [5.41, 5.74) is 0.806. The van der Waals surface area contributed by atoms with Gasteiger partial charge < -0.3 is 9.73 Å². The second-order valence-corrected chi connectivity index (χ2v) is 8.23. The van der Waals surface area contributed by atoms with E-state index in [1.807, 2.05) is 0 Å². The minimum Gasteiger partial charge on any atom is -0.456 e. The predicted molar refractivity (Wildman–Crippen MR) is 116 cm³/mol. The molecule has 11 heteroatoms. The van der Waals surface area contributed by atoms with E-state index in [0.29, 0.717) is 5.56 Å². The molecular formula is C21H16N4O6S. The van der Waals surface area contributed by atoms with Crippen LogP contribution in [0.2, 0.25) is 0 Å². The van der Waals surface area contributed by atoms with Crippen LogP contribution in [-0.4, -0.2) is 19.2 Å². The number of nitro benzene ring substituents is 1. The highest BCUT2D eigenvalue weighted by atomic mass is 32.2. The maximum absolute atomic E-state index is 12.4. The highest BCUT2D eigenvalue weighted by Crippen LogP contribution is 2.32. The van der Waals surface area contributed by atoms with Gasteiger partial charge in [0.2, 0.25) is 10.0 Å². The first-order valence-corrected chi connectivity index (χ1v) is 10.5. The molecule has 0 aliphatic rings. The summed E-state index contributed by atoms with van der Waals surface area (Å²) in [5.74, 6) is -0.402. The first kappa shape index (κ1) is 22.4. The van der Waals surface area contributed by atoms with Crippen LogP contribution in [-0.2, 0) is 14.8 Å². The topological polar surface area (TPSA) is 169 Å². The molecule has 0 saturated heterocycles. The zero-order valence-electron chi connectivity index (χ0n) is 16.6. The molecule has 2 aromatic carbocycles. The van der Waals surface area contributed by atoms with Gasteiger partial charge in [-0.25, -0.2) is 13.6 Å². The Balaban J connectivity index is 1.84. The number of hydrogen-bond acceptors (Lipinski definition) is 7. The van der Waals surface area contributed by atoms with Crippen molar-refractivity contribution in [2.45, 2.75) is 11.8 Å². The molecule has 32 heavy (non-hydrogen) atoms. The van der Waals surface area contributed by atoms with Crippen molar-refractivity contribution in [1.82, 2.24) is 0 Å². The fourth-order valence-electron chi connectivity index (χ4n) is 2.79. The maximum atomic E-state index is 12.4. The molecule has 0 aliphatic heterocycles. The fraction of sp³-hybridized carbons (Fsp3) is 0.0476. The molecule has 10 nitrogen and oxygen atoms in total. The number of rotatable bonds is 6. The lowest BCUT2D eigenvalue weighted by Gasteiger charge is -2.05. The summed E-state index contributed by atoms with van der Waals surface area (Å²) < 4.78 is 28.2. The molecular weight excluding hydrogens is 436 g/mol. The highest BCUT2D eigenvalue weighted by molar-refractivity contribution is 7.89. The zero-order valence-corrected chi connectivity index (χ0v) is 17.4.